The van der Waals surface area contributed by atoms with Gasteiger partial charge < -0.3 is 14.8 Å². The number of benzene rings is 1. The molecule has 0 spiro atoms. The molecule has 2 rings (SSSR count). The van der Waals surface area contributed by atoms with E-state index in [1.165, 1.54) is 12.1 Å². The van der Waals surface area contributed by atoms with Gasteiger partial charge >= 0.3 is 0 Å². The lowest BCUT2D eigenvalue weighted by Crippen LogP contribution is -2.30. The van der Waals surface area contributed by atoms with E-state index in [1.807, 2.05) is 26.8 Å². The normalized spacial score (nSPS) is 14.4. The van der Waals surface area contributed by atoms with E-state index >= 15 is 0 Å². The van der Waals surface area contributed by atoms with E-state index in [0.717, 1.165) is 25.9 Å². The Bertz CT molecular complexity index is 643. The number of nitrogens with zero attached hydrogens (tertiary/aromatic N) is 2. The Morgan fingerprint density at radius 3 is 2.50 bits per heavy atom. The summed E-state index contributed by atoms with van der Waals surface area (Å²) in [5, 5.41) is 23.1. The molecule has 0 bridgehead atoms. The third-order valence-electron chi connectivity index (χ3n) is 3.65. The monoisotopic (exact) mass is 363 g/mol. The van der Waals surface area contributed by atoms with Gasteiger partial charge in [0, 0.05) is 6.07 Å². The van der Waals surface area contributed by atoms with Crippen molar-refractivity contribution in [2.45, 2.75) is 39.2 Å². The molecular formula is C18H25N3O5. The molecule has 0 aliphatic carbocycles. The quantitative estimate of drug-likeness (QED) is 0.486. The maximum atomic E-state index is 10.8. The van der Waals surface area contributed by atoms with E-state index in [4.69, 9.17) is 10.00 Å². The Morgan fingerprint density at radius 1 is 1.38 bits per heavy atom. The third kappa shape index (κ3) is 7.49. The summed E-state index contributed by atoms with van der Waals surface area (Å²) < 4.78 is 10.2. The van der Waals surface area contributed by atoms with Gasteiger partial charge in [0.25, 0.3) is 12.2 Å². The minimum absolute atomic E-state index is 0.00133. The molecule has 0 amide bonds. The van der Waals surface area contributed by atoms with Gasteiger partial charge in [0.15, 0.2) is 5.56 Å². The SMILES string of the molecule is CC(C)(C)OC=O.N#Cc1c(OCC2CCNCC2)cccc1[N+](=O)[O-]. The Balaban J connectivity index is 0.000000412. The van der Waals surface area contributed by atoms with Gasteiger partial charge in [-0.15, -0.1) is 0 Å². The van der Waals surface area contributed by atoms with Gasteiger partial charge in [-0.1, -0.05) is 6.07 Å². The molecule has 0 aromatic heterocycles. The van der Waals surface area contributed by atoms with Crippen LogP contribution in [0.2, 0.25) is 0 Å². The first-order valence-electron chi connectivity index (χ1n) is 8.41. The molecule has 1 aliphatic heterocycles. The second kappa shape index (κ2) is 10.4. The molecule has 142 valence electrons. The average molecular weight is 363 g/mol. The van der Waals surface area contributed by atoms with Crippen LogP contribution in [0.4, 0.5) is 5.69 Å². The number of hydrogen-bond donors (Lipinski definition) is 1. The van der Waals surface area contributed by atoms with Gasteiger partial charge in [-0.2, -0.15) is 5.26 Å². The van der Waals surface area contributed by atoms with Crippen molar-refractivity contribution in [1.82, 2.24) is 5.32 Å². The van der Waals surface area contributed by atoms with Crippen molar-refractivity contribution in [3.8, 4) is 11.8 Å². The number of nitrogens with one attached hydrogen (secondary N) is 1. The Hall–Kier alpha value is -2.66. The van der Waals surface area contributed by atoms with E-state index < -0.39 is 4.92 Å². The highest BCUT2D eigenvalue weighted by molar-refractivity contribution is 5.56. The number of rotatable bonds is 5. The Kier molecular flexibility index (Phi) is 8.52. The number of hydrogen-bond acceptors (Lipinski definition) is 7. The van der Waals surface area contributed by atoms with E-state index in [2.05, 4.69) is 10.1 Å². The molecule has 0 radical (unpaired) electrons. The summed E-state index contributed by atoms with van der Waals surface area (Å²) in [6.07, 6.45) is 2.05. The van der Waals surface area contributed by atoms with Crippen molar-refractivity contribution in [1.29, 1.82) is 5.26 Å². The zero-order valence-electron chi connectivity index (χ0n) is 15.4. The molecule has 0 unspecified atom stereocenters. The topological polar surface area (TPSA) is 114 Å². The Morgan fingerprint density at radius 2 is 2.04 bits per heavy atom. The zero-order chi connectivity index (χ0) is 19.6. The lowest BCUT2D eigenvalue weighted by atomic mass is 9.99. The lowest BCUT2D eigenvalue weighted by Gasteiger charge is -2.22. The summed E-state index contributed by atoms with van der Waals surface area (Å²) >= 11 is 0. The largest absolute Gasteiger partial charge is 0.492 e. The smallest absolute Gasteiger partial charge is 0.293 e. The van der Waals surface area contributed by atoms with Crippen LogP contribution in [0.5, 0.6) is 5.75 Å². The van der Waals surface area contributed by atoms with Crippen LogP contribution in [0.25, 0.3) is 0 Å². The van der Waals surface area contributed by atoms with Crippen molar-refractivity contribution in [3.05, 3.63) is 33.9 Å². The van der Waals surface area contributed by atoms with Crippen molar-refractivity contribution in [2.24, 2.45) is 5.92 Å². The fourth-order valence-electron chi connectivity index (χ4n) is 2.30. The molecule has 8 heteroatoms. The highest BCUT2D eigenvalue weighted by Gasteiger charge is 2.20. The summed E-state index contributed by atoms with van der Waals surface area (Å²) in [7, 11) is 0. The standard InChI is InChI=1S/C13H15N3O3.C5H10O2/c14-8-11-12(16(17)18)2-1-3-13(11)19-9-10-4-6-15-7-5-10;1-5(2,3)7-4-6/h1-3,10,15H,4-7,9H2;4H,1-3H3. The predicted molar refractivity (Wildman–Crippen MR) is 95.8 cm³/mol. The van der Waals surface area contributed by atoms with Gasteiger partial charge in [-0.25, -0.2) is 0 Å². The number of carbonyl (C=O) groups excluding carboxylic acids is 1. The maximum absolute atomic E-state index is 10.8. The average Bonchev–Trinajstić information content (AvgIpc) is 2.59. The second-order valence-electron chi connectivity index (χ2n) is 6.85. The van der Waals surface area contributed by atoms with Crippen LogP contribution in [-0.2, 0) is 9.53 Å². The molecule has 1 aromatic rings. The van der Waals surface area contributed by atoms with Crippen LogP contribution in [0, 0.1) is 27.4 Å². The molecule has 1 N–H and O–H groups in total. The predicted octanol–water partition coefficient (Wildman–Crippen LogP) is 2.80. The van der Waals surface area contributed by atoms with Crippen molar-refractivity contribution >= 4 is 12.2 Å². The molecule has 1 heterocycles. The lowest BCUT2D eigenvalue weighted by molar-refractivity contribution is -0.385. The zero-order valence-corrected chi connectivity index (χ0v) is 15.4. The van der Waals surface area contributed by atoms with Crippen LogP contribution in [-0.4, -0.2) is 36.7 Å². The first-order chi connectivity index (χ1) is 12.3. The van der Waals surface area contributed by atoms with Gasteiger partial charge in [0.2, 0.25) is 0 Å². The number of nitro benzene ring substituents is 1. The van der Waals surface area contributed by atoms with Crippen molar-refractivity contribution < 1.29 is 19.2 Å². The minimum atomic E-state index is -0.560. The van der Waals surface area contributed by atoms with Gasteiger partial charge in [0.1, 0.15) is 17.4 Å². The number of ether oxygens (including phenoxy) is 2. The summed E-state index contributed by atoms with van der Waals surface area (Å²) in [5.41, 5.74) is -0.520. The van der Waals surface area contributed by atoms with Gasteiger partial charge in [0.05, 0.1) is 11.5 Å². The van der Waals surface area contributed by atoms with Crippen LogP contribution >= 0.6 is 0 Å². The summed E-state index contributed by atoms with van der Waals surface area (Å²) in [6, 6.07) is 6.31. The molecule has 26 heavy (non-hydrogen) atoms. The van der Waals surface area contributed by atoms with Gasteiger partial charge in [-0.3, -0.25) is 14.9 Å². The van der Waals surface area contributed by atoms with E-state index in [9.17, 15) is 14.9 Å². The second-order valence-corrected chi connectivity index (χ2v) is 6.85. The highest BCUT2D eigenvalue weighted by atomic mass is 16.6. The van der Waals surface area contributed by atoms with Crippen molar-refractivity contribution in [2.75, 3.05) is 19.7 Å². The van der Waals surface area contributed by atoms with E-state index in [-0.39, 0.29) is 16.9 Å². The fraction of sp³-hybridized carbons (Fsp3) is 0.556. The van der Waals surface area contributed by atoms with Gasteiger partial charge in [-0.05, 0) is 58.7 Å². The van der Waals surface area contributed by atoms with Crippen LogP contribution in [0.3, 0.4) is 0 Å². The minimum Gasteiger partial charge on any atom is -0.492 e. The Labute approximate surface area is 153 Å². The van der Waals surface area contributed by atoms with Crippen LogP contribution < -0.4 is 10.1 Å². The number of piperidine rings is 1. The van der Waals surface area contributed by atoms with Crippen molar-refractivity contribution in [3.63, 3.8) is 0 Å². The summed E-state index contributed by atoms with van der Waals surface area (Å²) in [6.45, 7) is 8.35. The highest BCUT2D eigenvalue weighted by Crippen LogP contribution is 2.28. The van der Waals surface area contributed by atoms with E-state index in [1.54, 1.807) is 6.07 Å². The fourth-order valence-corrected chi connectivity index (χ4v) is 2.30. The molecule has 1 fully saturated rings. The molecule has 0 saturated carbocycles. The third-order valence-corrected chi connectivity index (χ3v) is 3.65. The molecule has 8 nitrogen and oxygen atoms in total. The summed E-state index contributed by atoms with van der Waals surface area (Å²) in [4.78, 5) is 19.9. The molecule has 1 aliphatic rings. The molecule has 0 atom stereocenters. The van der Waals surface area contributed by atoms with Crippen LogP contribution in [0.1, 0.15) is 39.2 Å². The maximum Gasteiger partial charge on any atom is 0.293 e. The first kappa shape index (κ1) is 21.4. The first-order valence-corrected chi connectivity index (χ1v) is 8.41. The molecular weight excluding hydrogens is 338 g/mol. The number of nitriles is 1. The molecule has 1 saturated heterocycles. The summed E-state index contributed by atoms with van der Waals surface area (Å²) in [5.74, 6) is 0.738. The number of carbonyl (C=O) groups is 1. The van der Waals surface area contributed by atoms with E-state index in [0.29, 0.717) is 24.7 Å². The molecule has 1 aromatic carbocycles. The van der Waals surface area contributed by atoms with Crippen LogP contribution in [0.15, 0.2) is 18.2 Å². The number of nitro groups is 1.